The van der Waals surface area contributed by atoms with Crippen LogP contribution in [0.2, 0.25) is 0 Å². The molecule has 0 unspecified atom stereocenters. The van der Waals surface area contributed by atoms with Crippen molar-refractivity contribution in [1.82, 2.24) is 0 Å². The van der Waals surface area contributed by atoms with Gasteiger partial charge in [0.25, 0.3) is 0 Å². The maximum atomic E-state index is 9.22. The van der Waals surface area contributed by atoms with E-state index in [1.165, 1.54) is 4.73 Å². The number of pyridine rings is 1. The van der Waals surface area contributed by atoms with Gasteiger partial charge in [-0.3, -0.25) is 9.02 Å². The number of hydrogen-bond acceptors (Lipinski definition) is 6. The Morgan fingerprint density at radius 2 is 1.81 bits per heavy atom. The summed E-state index contributed by atoms with van der Waals surface area (Å²) in [6, 6.07) is 5.38. The quantitative estimate of drug-likeness (QED) is 0.376. The average molecular weight is 246 g/mol. The average Bonchev–Trinajstić information content (AvgIpc) is 2.29. The molecule has 0 radical (unpaired) electrons. The first-order valence-electron chi connectivity index (χ1n) is 3.90. The van der Waals surface area contributed by atoms with Crippen molar-refractivity contribution in [3.63, 3.8) is 0 Å². The van der Waals surface area contributed by atoms with E-state index in [1.54, 1.807) is 31.6 Å². The molecule has 16 heavy (non-hydrogen) atoms. The predicted molar refractivity (Wildman–Crippen MR) is 50.6 cm³/mol. The van der Waals surface area contributed by atoms with Crippen LogP contribution in [-0.2, 0) is 14.6 Å². The summed E-state index contributed by atoms with van der Waals surface area (Å²) in [7, 11) is -2.04. The highest BCUT2D eigenvalue weighted by Gasteiger charge is 1.96. The van der Waals surface area contributed by atoms with Gasteiger partial charge in [-0.25, -0.2) is 8.42 Å². The second-order valence-corrected chi connectivity index (χ2v) is 3.47. The lowest BCUT2D eigenvalue weighted by atomic mass is 10.3. The Morgan fingerprint density at radius 3 is 2.06 bits per heavy atom. The van der Waals surface area contributed by atoms with Gasteiger partial charge in [0, 0.05) is 16.9 Å². The van der Waals surface area contributed by atoms with E-state index in [0.717, 1.165) is 7.11 Å². The summed E-state index contributed by atoms with van der Waals surface area (Å²) in [6.07, 6.45) is 3.36. The standard InChI is InChI=1S/C7H7N2O.CH4O4S/c1-10-9-4-2-7(6-8)3-5-9;1-5-6(2,3)4/h2-5H,1H3;1H3,(H,2,3,4)/q+1;/p-1. The molecule has 0 aliphatic rings. The molecule has 1 aromatic rings. The Balaban J connectivity index is 0.000000325. The summed E-state index contributed by atoms with van der Waals surface area (Å²) in [5.41, 5.74) is 0.633. The fourth-order valence-electron chi connectivity index (χ4n) is 0.609. The Morgan fingerprint density at radius 1 is 1.38 bits per heavy atom. The van der Waals surface area contributed by atoms with Crippen molar-refractivity contribution in [3.8, 4) is 6.07 Å². The molecule has 0 atom stereocenters. The van der Waals surface area contributed by atoms with Crippen LogP contribution < -0.4 is 9.57 Å². The van der Waals surface area contributed by atoms with Crippen molar-refractivity contribution < 1.29 is 26.7 Å². The van der Waals surface area contributed by atoms with E-state index in [1.807, 2.05) is 6.07 Å². The number of rotatable bonds is 2. The van der Waals surface area contributed by atoms with Gasteiger partial charge >= 0.3 is 0 Å². The first-order chi connectivity index (χ1) is 7.42. The number of nitrogens with zero attached hydrogens (tertiary/aromatic N) is 2. The molecule has 0 spiro atoms. The molecule has 88 valence electrons. The van der Waals surface area contributed by atoms with Gasteiger partial charge in [-0.1, -0.05) is 0 Å². The highest BCUT2D eigenvalue weighted by Crippen LogP contribution is 1.88. The minimum absolute atomic E-state index is 0.633. The molecule has 7 nitrogen and oxygen atoms in total. The highest BCUT2D eigenvalue weighted by atomic mass is 32.3. The minimum Gasteiger partial charge on any atom is -0.726 e. The van der Waals surface area contributed by atoms with Crippen LogP contribution in [0.1, 0.15) is 5.56 Å². The third-order valence-corrected chi connectivity index (χ3v) is 1.75. The van der Waals surface area contributed by atoms with Crippen LogP contribution in [0.3, 0.4) is 0 Å². The zero-order valence-corrected chi connectivity index (χ0v) is 9.47. The first kappa shape index (κ1) is 14.3. The van der Waals surface area contributed by atoms with Gasteiger partial charge in [0.15, 0.2) is 0 Å². The fourth-order valence-corrected chi connectivity index (χ4v) is 0.609. The molecule has 0 aromatic carbocycles. The van der Waals surface area contributed by atoms with Gasteiger partial charge in [0.2, 0.25) is 22.8 Å². The van der Waals surface area contributed by atoms with Crippen molar-refractivity contribution in [2.45, 2.75) is 0 Å². The summed E-state index contributed by atoms with van der Waals surface area (Å²) in [5.74, 6) is 0. The van der Waals surface area contributed by atoms with Crippen LogP contribution >= 0.6 is 0 Å². The Labute approximate surface area is 93.4 Å². The van der Waals surface area contributed by atoms with Gasteiger partial charge in [-0.2, -0.15) is 5.26 Å². The molecule has 0 aliphatic heterocycles. The molecule has 0 N–H and O–H groups in total. The van der Waals surface area contributed by atoms with Crippen LogP contribution in [0.25, 0.3) is 0 Å². The second-order valence-electron chi connectivity index (χ2n) is 2.32. The molecule has 0 bridgehead atoms. The zero-order chi connectivity index (χ0) is 12.6. The van der Waals surface area contributed by atoms with Crippen LogP contribution in [0.15, 0.2) is 24.5 Å². The molecule has 8 heteroatoms. The van der Waals surface area contributed by atoms with E-state index < -0.39 is 10.4 Å². The molecule has 0 amide bonds. The normalized spacial score (nSPS) is 9.62. The lowest BCUT2D eigenvalue weighted by Gasteiger charge is -1.98. The van der Waals surface area contributed by atoms with Gasteiger partial charge in [0.05, 0.1) is 18.7 Å². The molecular weight excluding hydrogens is 236 g/mol. The van der Waals surface area contributed by atoms with Crippen molar-refractivity contribution in [2.24, 2.45) is 0 Å². The summed E-state index contributed by atoms with van der Waals surface area (Å²) < 4.78 is 32.5. The van der Waals surface area contributed by atoms with E-state index in [-0.39, 0.29) is 0 Å². The van der Waals surface area contributed by atoms with Crippen LogP contribution in [0, 0.1) is 11.3 Å². The minimum atomic E-state index is -4.41. The smallest absolute Gasteiger partial charge is 0.223 e. The molecule has 0 saturated heterocycles. The Bertz CT molecular complexity index is 448. The molecule has 1 aromatic heterocycles. The predicted octanol–water partition coefficient (Wildman–Crippen LogP) is -1.00. The summed E-state index contributed by atoms with van der Waals surface area (Å²) >= 11 is 0. The lowest BCUT2D eigenvalue weighted by Crippen LogP contribution is -2.39. The summed E-state index contributed by atoms with van der Waals surface area (Å²) in [6.45, 7) is 0. The molecule has 1 rings (SSSR count). The van der Waals surface area contributed by atoms with Crippen LogP contribution in [-0.4, -0.2) is 27.2 Å². The van der Waals surface area contributed by atoms with E-state index in [0.29, 0.717) is 5.56 Å². The van der Waals surface area contributed by atoms with Crippen LogP contribution in [0.5, 0.6) is 0 Å². The molecule has 1 heterocycles. The van der Waals surface area contributed by atoms with Gasteiger partial charge in [-0.15, -0.1) is 0 Å². The number of nitriles is 1. The third kappa shape index (κ3) is 6.72. The molecule has 0 saturated carbocycles. The molecular formula is C8H10N2O5S. The number of hydrogen-bond donors (Lipinski definition) is 0. The topological polar surface area (TPSA) is 103 Å². The van der Waals surface area contributed by atoms with E-state index in [2.05, 4.69) is 4.18 Å². The van der Waals surface area contributed by atoms with E-state index >= 15 is 0 Å². The van der Waals surface area contributed by atoms with E-state index in [4.69, 9.17) is 10.1 Å². The summed E-state index contributed by atoms with van der Waals surface area (Å²) in [4.78, 5) is 4.82. The largest absolute Gasteiger partial charge is 0.726 e. The Hall–Kier alpha value is -1.69. The van der Waals surface area contributed by atoms with Crippen molar-refractivity contribution in [2.75, 3.05) is 14.2 Å². The highest BCUT2D eigenvalue weighted by molar-refractivity contribution is 7.80. The van der Waals surface area contributed by atoms with E-state index in [9.17, 15) is 13.0 Å². The monoisotopic (exact) mass is 246 g/mol. The van der Waals surface area contributed by atoms with Crippen molar-refractivity contribution in [3.05, 3.63) is 30.1 Å². The van der Waals surface area contributed by atoms with Gasteiger partial charge < -0.3 is 4.55 Å². The van der Waals surface area contributed by atoms with Crippen LogP contribution in [0.4, 0.5) is 0 Å². The maximum Gasteiger partial charge on any atom is 0.223 e. The van der Waals surface area contributed by atoms with Crippen molar-refractivity contribution >= 4 is 10.4 Å². The fraction of sp³-hybridized carbons (Fsp3) is 0.250. The number of aromatic nitrogens is 1. The SMILES string of the molecule is COS(=O)(=O)[O-].CO[n+]1ccc(C#N)cc1. The zero-order valence-electron chi connectivity index (χ0n) is 8.65. The van der Waals surface area contributed by atoms with Gasteiger partial charge in [-0.05, 0) is 0 Å². The first-order valence-corrected chi connectivity index (χ1v) is 5.23. The molecule has 0 aliphatic carbocycles. The molecule has 0 fully saturated rings. The summed E-state index contributed by atoms with van der Waals surface area (Å²) in [5, 5.41) is 8.40. The van der Waals surface area contributed by atoms with Gasteiger partial charge in [0.1, 0.15) is 7.11 Å². The Kier molecular flexibility index (Phi) is 6.02. The van der Waals surface area contributed by atoms with Crippen molar-refractivity contribution in [1.29, 1.82) is 5.26 Å². The maximum absolute atomic E-state index is 9.22. The second kappa shape index (κ2) is 6.73. The third-order valence-electron chi connectivity index (χ3n) is 1.35. The lowest BCUT2D eigenvalue weighted by molar-refractivity contribution is -0.885.